The summed E-state index contributed by atoms with van der Waals surface area (Å²) in [4.78, 5) is 11.5. The number of cyclic esters (lactones) is 1. The zero-order valence-corrected chi connectivity index (χ0v) is 7.64. The molecule has 0 aromatic carbocycles. The Labute approximate surface area is 73.6 Å². The van der Waals surface area contributed by atoms with Crippen molar-refractivity contribution in [3.8, 4) is 0 Å². The van der Waals surface area contributed by atoms with Gasteiger partial charge < -0.3 is 4.74 Å². The number of ether oxygens (including phenoxy) is 1. The Hall–Kier alpha value is -0.790. The number of hydrogen-bond acceptors (Lipinski definition) is 2. The monoisotopic (exact) mass is 168 g/mol. The topological polar surface area (TPSA) is 26.3 Å². The second-order valence-corrected chi connectivity index (χ2v) is 3.65. The molecule has 0 bridgehead atoms. The van der Waals surface area contributed by atoms with Gasteiger partial charge in [-0.2, -0.15) is 0 Å². The molecule has 12 heavy (non-hydrogen) atoms. The van der Waals surface area contributed by atoms with Crippen LogP contribution in [0.5, 0.6) is 0 Å². The van der Waals surface area contributed by atoms with Crippen LogP contribution >= 0.6 is 0 Å². The van der Waals surface area contributed by atoms with Gasteiger partial charge in [-0.1, -0.05) is 6.08 Å². The molecule has 1 aliphatic rings. The van der Waals surface area contributed by atoms with Crippen molar-refractivity contribution in [2.45, 2.75) is 32.6 Å². The van der Waals surface area contributed by atoms with Crippen LogP contribution in [0.15, 0.2) is 12.7 Å². The number of rotatable bonds is 2. The highest BCUT2D eigenvalue weighted by Crippen LogP contribution is 2.32. The van der Waals surface area contributed by atoms with Crippen LogP contribution in [0.25, 0.3) is 0 Å². The first-order valence-corrected chi connectivity index (χ1v) is 4.47. The Morgan fingerprint density at radius 2 is 2.42 bits per heavy atom. The Kier molecular flexibility index (Phi) is 2.90. The zero-order valence-electron chi connectivity index (χ0n) is 7.64. The van der Waals surface area contributed by atoms with E-state index in [1.807, 2.05) is 6.92 Å². The van der Waals surface area contributed by atoms with Crippen LogP contribution in [0.4, 0.5) is 0 Å². The second kappa shape index (κ2) is 3.74. The van der Waals surface area contributed by atoms with Crippen molar-refractivity contribution in [2.75, 3.05) is 6.61 Å². The Morgan fingerprint density at radius 1 is 1.67 bits per heavy atom. The van der Waals surface area contributed by atoms with E-state index in [-0.39, 0.29) is 11.4 Å². The van der Waals surface area contributed by atoms with Crippen LogP contribution in [-0.2, 0) is 9.53 Å². The average Bonchev–Trinajstić information content (AvgIpc) is 2.17. The van der Waals surface area contributed by atoms with Crippen molar-refractivity contribution >= 4 is 5.97 Å². The van der Waals surface area contributed by atoms with Crippen LogP contribution < -0.4 is 0 Å². The molecule has 1 heterocycles. The molecule has 1 fully saturated rings. The summed E-state index contributed by atoms with van der Waals surface area (Å²) in [5, 5.41) is 0. The summed E-state index contributed by atoms with van der Waals surface area (Å²) in [6.07, 6.45) is 5.53. The summed E-state index contributed by atoms with van der Waals surface area (Å²) >= 11 is 0. The molecule has 0 N–H and O–H groups in total. The van der Waals surface area contributed by atoms with E-state index >= 15 is 0 Å². The van der Waals surface area contributed by atoms with Gasteiger partial charge in [0, 0.05) is 0 Å². The van der Waals surface area contributed by atoms with Crippen LogP contribution in [0.2, 0.25) is 0 Å². The maximum Gasteiger partial charge on any atom is 0.312 e. The molecule has 0 saturated carbocycles. The fourth-order valence-electron chi connectivity index (χ4n) is 1.56. The third-order valence-electron chi connectivity index (χ3n) is 2.44. The van der Waals surface area contributed by atoms with Gasteiger partial charge in [-0.3, -0.25) is 4.79 Å². The first-order valence-electron chi connectivity index (χ1n) is 4.47. The molecular weight excluding hydrogens is 152 g/mol. The molecule has 1 aliphatic heterocycles. The third kappa shape index (κ3) is 1.87. The minimum Gasteiger partial charge on any atom is -0.465 e. The lowest BCUT2D eigenvalue weighted by molar-refractivity contribution is -0.153. The van der Waals surface area contributed by atoms with Gasteiger partial charge in [0.25, 0.3) is 0 Å². The Morgan fingerprint density at radius 3 is 3.08 bits per heavy atom. The molecule has 0 aliphatic carbocycles. The van der Waals surface area contributed by atoms with Gasteiger partial charge in [-0.25, -0.2) is 0 Å². The maximum absolute atomic E-state index is 11.5. The number of hydrogen-bond donors (Lipinski definition) is 0. The second-order valence-electron chi connectivity index (χ2n) is 3.65. The molecule has 0 spiro atoms. The first kappa shape index (κ1) is 9.30. The molecule has 1 unspecified atom stereocenters. The summed E-state index contributed by atoms with van der Waals surface area (Å²) in [7, 11) is 0. The highest BCUT2D eigenvalue weighted by atomic mass is 16.5. The maximum atomic E-state index is 11.5. The quantitative estimate of drug-likeness (QED) is 0.467. The largest absolute Gasteiger partial charge is 0.465 e. The van der Waals surface area contributed by atoms with E-state index in [9.17, 15) is 4.79 Å². The summed E-state index contributed by atoms with van der Waals surface area (Å²) < 4.78 is 5.08. The SMILES string of the molecule is C=CCC1(C)CCCCOC1=O. The lowest BCUT2D eigenvalue weighted by atomic mass is 9.82. The molecular formula is C10H16O2. The number of carbonyl (C=O) groups excluding carboxylic acids is 1. The van der Waals surface area contributed by atoms with Gasteiger partial charge in [0.15, 0.2) is 0 Å². The summed E-state index contributed by atoms with van der Waals surface area (Å²) in [5.41, 5.74) is -0.307. The van der Waals surface area contributed by atoms with Gasteiger partial charge in [-0.15, -0.1) is 6.58 Å². The fraction of sp³-hybridized carbons (Fsp3) is 0.700. The van der Waals surface area contributed by atoms with Crippen LogP contribution in [0, 0.1) is 5.41 Å². The molecule has 0 aromatic rings. The minimum absolute atomic E-state index is 0.0556. The van der Waals surface area contributed by atoms with E-state index in [2.05, 4.69) is 6.58 Å². The minimum atomic E-state index is -0.307. The van der Waals surface area contributed by atoms with Crippen LogP contribution in [0.3, 0.4) is 0 Å². The van der Waals surface area contributed by atoms with E-state index in [1.165, 1.54) is 0 Å². The summed E-state index contributed by atoms with van der Waals surface area (Å²) in [6.45, 7) is 6.21. The van der Waals surface area contributed by atoms with Gasteiger partial charge >= 0.3 is 5.97 Å². The van der Waals surface area contributed by atoms with Crippen molar-refractivity contribution in [3.05, 3.63) is 12.7 Å². The highest BCUT2D eigenvalue weighted by Gasteiger charge is 2.34. The van der Waals surface area contributed by atoms with E-state index < -0.39 is 0 Å². The molecule has 1 saturated heterocycles. The smallest absolute Gasteiger partial charge is 0.312 e. The van der Waals surface area contributed by atoms with E-state index in [4.69, 9.17) is 4.74 Å². The Balaban J connectivity index is 2.68. The lowest BCUT2D eigenvalue weighted by Gasteiger charge is -2.22. The normalized spacial score (nSPS) is 30.6. The predicted octanol–water partition coefficient (Wildman–Crippen LogP) is 2.30. The van der Waals surface area contributed by atoms with Crippen molar-refractivity contribution in [1.29, 1.82) is 0 Å². The first-order chi connectivity index (χ1) is 5.69. The molecule has 2 heteroatoms. The van der Waals surface area contributed by atoms with E-state index in [1.54, 1.807) is 6.08 Å². The molecule has 0 aromatic heterocycles. The van der Waals surface area contributed by atoms with Gasteiger partial charge in [-0.05, 0) is 32.6 Å². The molecule has 2 nitrogen and oxygen atoms in total. The summed E-state index contributed by atoms with van der Waals surface area (Å²) in [5.74, 6) is -0.0556. The number of esters is 1. The predicted molar refractivity (Wildman–Crippen MR) is 47.7 cm³/mol. The molecule has 0 amide bonds. The zero-order chi connectivity index (χ0) is 9.03. The van der Waals surface area contributed by atoms with E-state index in [0.29, 0.717) is 6.61 Å². The molecule has 1 rings (SSSR count). The van der Waals surface area contributed by atoms with Crippen molar-refractivity contribution in [3.63, 3.8) is 0 Å². The lowest BCUT2D eigenvalue weighted by Crippen LogP contribution is -2.27. The van der Waals surface area contributed by atoms with Crippen molar-refractivity contribution in [2.24, 2.45) is 5.41 Å². The Bertz CT molecular complexity index is 186. The van der Waals surface area contributed by atoms with Gasteiger partial charge in [0.2, 0.25) is 0 Å². The number of allylic oxidation sites excluding steroid dienone is 1. The van der Waals surface area contributed by atoms with Crippen LogP contribution in [-0.4, -0.2) is 12.6 Å². The molecule has 1 atom stereocenters. The molecule has 68 valence electrons. The van der Waals surface area contributed by atoms with E-state index in [0.717, 1.165) is 25.7 Å². The molecule has 0 radical (unpaired) electrons. The van der Waals surface area contributed by atoms with Crippen molar-refractivity contribution < 1.29 is 9.53 Å². The van der Waals surface area contributed by atoms with Gasteiger partial charge in [0.1, 0.15) is 0 Å². The van der Waals surface area contributed by atoms with Gasteiger partial charge in [0.05, 0.1) is 12.0 Å². The van der Waals surface area contributed by atoms with Crippen LogP contribution in [0.1, 0.15) is 32.6 Å². The average molecular weight is 168 g/mol. The standard InChI is InChI=1S/C10H16O2/c1-3-6-10(2)7-4-5-8-12-9(10)11/h3H,1,4-8H2,2H3. The number of carbonyl (C=O) groups is 1. The van der Waals surface area contributed by atoms with Crippen molar-refractivity contribution in [1.82, 2.24) is 0 Å². The highest BCUT2D eigenvalue weighted by molar-refractivity contribution is 5.76. The fourth-order valence-corrected chi connectivity index (χ4v) is 1.56. The third-order valence-corrected chi connectivity index (χ3v) is 2.44. The summed E-state index contributed by atoms with van der Waals surface area (Å²) in [6, 6.07) is 0.